The van der Waals surface area contributed by atoms with Crippen LogP contribution in [0, 0.1) is 5.82 Å². The maximum absolute atomic E-state index is 13.3. The van der Waals surface area contributed by atoms with E-state index in [0.29, 0.717) is 16.7 Å². The molecule has 0 saturated carbocycles. The minimum absolute atomic E-state index is 0.0783. The Morgan fingerprint density at radius 3 is 2.24 bits per heavy atom. The average Bonchev–Trinajstić information content (AvgIpc) is 2.40. The molecule has 0 saturated heterocycles. The van der Waals surface area contributed by atoms with Crippen LogP contribution in [0.2, 0.25) is 10.0 Å². The highest BCUT2D eigenvalue weighted by molar-refractivity contribution is 6.35. The zero-order valence-electron chi connectivity index (χ0n) is 10.2. The van der Waals surface area contributed by atoms with Gasteiger partial charge in [-0.25, -0.2) is 4.39 Å². The molecule has 2 rings (SSSR count). The monoisotopic (exact) mass is 356 g/mol. The molecule has 112 valence electrons. The molecule has 0 N–H and O–H groups in total. The van der Waals surface area contributed by atoms with E-state index in [1.165, 1.54) is 24.3 Å². The molecule has 0 amide bonds. The molecule has 0 aliphatic heterocycles. The molecule has 0 aliphatic rings. The Labute approximate surface area is 133 Å². The molecule has 0 bridgehead atoms. The fourth-order valence-electron chi connectivity index (χ4n) is 1.81. The Hall–Kier alpha value is -0.970. The molecule has 0 spiro atoms. The fraction of sp³-hybridized carbons (Fsp3) is 0.143. The van der Waals surface area contributed by atoms with Crippen molar-refractivity contribution >= 4 is 34.8 Å². The summed E-state index contributed by atoms with van der Waals surface area (Å²) in [5, 5.41) is -0.367. The van der Waals surface area contributed by atoms with E-state index in [9.17, 15) is 17.6 Å². The van der Waals surface area contributed by atoms with Gasteiger partial charge in [-0.3, -0.25) is 0 Å². The lowest BCUT2D eigenvalue weighted by Crippen LogP contribution is -2.09. The summed E-state index contributed by atoms with van der Waals surface area (Å²) in [4.78, 5) is 0. The van der Waals surface area contributed by atoms with Gasteiger partial charge < -0.3 is 0 Å². The van der Waals surface area contributed by atoms with Crippen molar-refractivity contribution in [3.05, 3.63) is 69.0 Å². The van der Waals surface area contributed by atoms with Crippen LogP contribution in [0.25, 0.3) is 0 Å². The topological polar surface area (TPSA) is 0 Å². The normalized spacial score (nSPS) is 13.3. The fourth-order valence-corrected chi connectivity index (χ4v) is 2.59. The zero-order chi connectivity index (χ0) is 15.8. The standard InChI is InChI=1S/C14H7Cl3F4/c15-8-2-3-11(16)9(6-8)13(17)7-1-4-12(18)10(5-7)14(19,20)21/h1-6,13H. The molecule has 7 heteroatoms. The van der Waals surface area contributed by atoms with Crippen LogP contribution in [-0.4, -0.2) is 0 Å². The van der Waals surface area contributed by atoms with Crippen molar-refractivity contribution in [2.75, 3.05) is 0 Å². The van der Waals surface area contributed by atoms with Crippen molar-refractivity contribution in [2.45, 2.75) is 11.6 Å². The minimum atomic E-state index is -4.80. The number of benzene rings is 2. The van der Waals surface area contributed by atoms with E-state index < -0.39 is 22.9 Å². The van der Waals surface area contributed by atoms with E-state index in [1.54, 1.807) is 0 Å². The van der Waals surface area contributed by atoms with E-state index in [2.05, 4.69) is 0 Å². The Morgan fingerprint density at radius 1 is 0.952 bits per heavy atom. The van der Waals surface area contributed by atoms with Crippen molar-refractivity contribution in [1.82, 2.24) is 0 Å². The maximum atomic E-state index is 13.3. The Morgan fingerprint density at radius 2 is 1.62 bits per heavy atom. The summed E-state index contributed by atoms with van der Waals surface area (Å²) in [7, 11) is 0. The molecule has 0 heterocycles. The summed E-state index contributed by atoms with van der Waals surface area (Å²) in [6.07, 6.45) is -4.80. The summed E-state index contributed by atoms with van der Waals surface area (Å²) in [6, 6.07) is 7.06. The molecule has 0 aromatic heterocycles. The van der Waals surface area contributed by atoms with Crippen LogP contribution in [0.1, 0.15) is 22.1 Å². The molecular weight excluding hydrogens is 351 g/mol. The highest BCUT2D eigenvalue weighted by atomic mass is 35.5. The van der Waals surface area contributed by atoms with Gasteiger partial charge in [0.15, 0.2) is 0 Å². The van der Waals surface area contributed by atoms with E-state index >= 15 is 0 Å². The van der Waals surface area contributed by atoms with Crippen LogP contribution in [0.15, 0.2) is 36.4 Å². The minimum Gasteiger partial charge on any atom is -0.206 e. The quantitative estimate of drug-likeness (QED) is 0.426. The van der Waals surface area contributed by atoms with Gasteiger partial charge in [-0.05, 0) is 41.5 Å². The number of rotatable bonds is 2. The molecule has 0 aliphatic carbocycles. The van der Waals surface area contributed by atoms with E-state index in [4.69, 9.17) is 34.8 Å². The highest BCUT2D eigenvalue weighted by Crippen LogP contribution is 2.38. The third-order valence-corrected chi connectivity index (χ3v) is 3.89. The number of hydrogen-bond acceptors (Lipinski definition) is 0. The van der Waals surface area contributed by atoms with Crippen LogP contribution in [-0.2, 0) is 6.18 Å². The summed E-state index contributed by atoms with van der Waals surface area (Å²) < 4.78 is 51.4. The van der Waals surface area contributed by atoms with Gasteiger partial charge in [-0.2, -0.15) is 13.2 Å². The van der Waals surface area contributed by atoms with Crippen LogP contribution in [0.3, 0.4) is 0 Å². The lowest BCUT2D eigenvalue weighted by Gasteiger charge is -2.15. The van der Waals surface area contributed by atoms with Crippen LogP contribution < -0.4 is 0 Å². The molecule has 21 heavy (non-hydrogen) atoms. The number of halogens is 7. The first-order chi connectivity index (χ1) is 9.70. The molecule has 0 radical (unpaired) electrons. The third kappa shape index (κ3) is 3.62. The highest BCUT2D eigenvalue weighted by Gasteiger charge is 2.34. The zero-order valence-corrected chi connectivity index (χ0v) is 12.5. The molecule has 2 aromatic carbocycles. The summed E-state index contributed by atoms with van der Waals surface area (Å²) in [6.45, 7) is 0. The van der Waals surface area contributed by atoms with Crippen LogP contribution in [0.4, 0.5) is 17.6 Å². The SMILES string of the molecule is Fc1ccc(C(Cl)c2cc(Cl)ccc2Cl)cc1C(F)(F)F. The van der Waals surface area contributed by atoms with Crippen molar-refractivity contribution in [3.8, 4) is 0 Å². The molecule has 1 unspecified atom stereocenters. The van der Waals surface area contributed by atoms with Gasteiger partial charge in [0.1, 0.15) is 5.82 Å². The Balaban J connectivity index is 2.49. The van der Waals surface area contributed by atoms with Gasteiger partial charge in [0.2, 0.25) is 0 Å². The maximum Gasteiger partial charge on any atom is 0.419 e. The second-order valence-corrected chi connectivity index (χ2v) is 5.55. The first-order valence-electron chi connectivity index (χ1n) is 5.66. The average molecular weight is 358 g/mol. The van der Waals surface area contributed by atoms with Crippen molar-refractivity contribution in [2.24, 2.45) is 0 Å². The largest absolute Gasteiger partial charge is 0.419 e. The van der Waals surface area contributed by atoms with Crippen LogP contribution >= 0.6 is 34.8 Å². The Bertz CT molecular complexity index is 668. The third-order valence-electron chi connectivity index (χ3n) is 2.82. The van der Waals surface area contributed by atoms with Gasteiger partial charge >= 0.3 is 6.18 Å². The van der Waals surface area contributed by atoms with Gasteiger partial charge in [0.25, 0.3) is 0 Å². The summed E-state index contributed by atoms with van der Waals surface area (Å²) in [5.41, 5.74) is -0.941. The molecular formula is C14H7Cl3F4. The lowest BCUT2D eigenvalue weighted by atomic mass is 10.0. The smallest absolute Gasteiger partial charge is 0.206 e. The summed E-state index contributed by atoms with van der Waals surface area (Å²) >= 11 is 17.9. The summed E-state index contributed by atoms with van der Waals surface area (Å²) in [5.74, 6) is -1.35. The molecule has 0 nitrogen and oxygen atoms in total. The number of hydrogen-bond donors (Lipinski definition) is 0. The van der Waals surface area contributed by atoms with Gasteiger partial charge in [-0.15, -0.1) is 11.6 Å². The molecule has 2 aromatic rings. The second kappa shape index (κ2) is 6.03. The molecule has 0 fully saturated rings. The lowest BCUT2D eigenvalue weighted by molar-refractivity contribution is -0.140. The molecule has 1 atom stereocenters. The number of alkyl halides is 4. The van der Waals surface area contributed by atoms with Gasteiger partial charge in [-0.1, -0.05) is 29.3 Å². The first-order valence-corrected chi connectivity index (χ1v) is 6.85. The van der Waals surface area contributed by atoms with Gasteiger partial charge in [0.05, 0.1) is 10.9 Å². The van der Waals surface area contributed by atoms with Crippen molar-refractivity contribution in [3.63, 3.8) is 0 Å². The second-order valence-electron chi connectivity index (χ2n) is 4.27. The van der Waals surface area contributed by atoms with E-state index in [0.717, 1.165) is 6.07 Å². The van der Waals surface area contributed by atoms with Crippen LogP contribution in [0.5, 0.6) is 0 Å². The van der Waals surface area contributed by atoms with E-state index in [1.807, 2.05) is 0 Å². The van der Waals surface area contributed by atoms with E-state index in [-0.39, 0.29) is 10.6 Å². The Kier molecular flexibility index (Phi) is 4.71. The predicted octanol–water partition coefficient (Wildman–Crippen LogP) is 6.48. The van der Waals surface area contributed by atoms with Crippen molar-refractivity contribution in [1.29, 1.82) is 0 Å². The van der Waals surface area contributed by atoms with Gasteiger partial charge in [0, 0.05) is 10.0 Å². The predicted molar refractivity (Wildman–Crippen MR) is 75.6 cm³/mol. The van der Waals surface area contributed by atoms with Crippen molar-refractivity contribution < 1.29 is 17.6 Å². The first kappa shape index (κ1) is 16.4.